The van der Waals surface area contributed by atoms with Crippen LogP contribution in [0.5, 0.6) is 0 Å². The second kappa shape index (κ2) is 4.98. The van der Waals surface area contributed by atoms with E-state index in [0.29, 0.717) is 6.54 Å². The Kier molecular flexibility index (Phi) is 3.59. The van der Waals surface area contributed by atoms with Crippen molar-refractivity contribution in [3.8, 4) is 0 Å². The van der Waals surface area contributed by atoms with Crippen LogP contribution in [0.1, 0.15) is 30.8 Å². The summed E-state index contributed by atoms with van der Waals surface area (Å²) in [6, 6.07) is 1.91. The minimum Gasteiger partial charge on any atom is -0.346 e. The molecule has 17 heavy (non-hydrogen) atoms. The molecule has 0 saturated heterocycles. The normalized spacial score (nSPS) is 10.5. The van der Waals surface area contributed by atoms with Crippen molar-refractivity contribution in [3.05, 3.63) is 37.5 Å². The maximum absolute atomic E-state index is 11.8. The highest BCUT2D eigenvalue weighted by Crippen LogP contribution is 2.17. The van der Waals surface area contributed by atoms with Gasteiger partial charge in [-0.25, -0.2) is 4.98 Å². The molecule has 0 aromatic carbocycles. The van der Waals surface area contributed by atoms with Crippen molar-refractivity contribution in [2.75, 3.05) is 0 Å². The van der Waals surface area contributed by atoms with Crippen molar-refractivity contribution >= 4 is 28.6 Å². The molecule has 2 rings (SSSR count). The molecule has 2 aromatic heterocycles. The highest BCUT2D eigenvalue weighted by atomic mass is 32.1. The molecule has 90 valence electrons. The Balaban J connectivity index is 1.99. The summed E-state index contributed by atoms with van der Waals surface area (Å²) in [4.78, 5) is 18.1. The molecule has 2 aromatic rings. The van der Waals surface area contributed by atoms with Crippen molar-refractivity contribution < 1.29 is 4.79 Å². The monoisotopic (exact) mass is 266 g/mol. The summed E-state index contributed by atoms with van der Waals surface area (Å²) in [6.45, 7) is 6.50. The summed E-state index contributed by atoms with van der Waals surface area (Å²) in [5.74, 6) is -0.00597. The smallest absolute Gasteiger partial charge is 0.261 e. The van der Waals surface area contributed by atoms with Crippen molar-refractivity contribution in [3.63, 3.8) is 0 Å². The number of hydrogen-bond donors (Lipinski definition) is 1. The summed E-state index contributed by atoms with van der Waals surface area (Å²) < 4.78 is 0. The van der Waals surface area contributed by atoms with Crippen LogP contribution in [0.3, 0.4) is 0 Å². The van der Waals surface area contributed by atoms with Crippen LogP contribution in [0.4, 0.5) is 0 Å². The number of thiophene rings is 1. The predicted octanol–water partition coefficient (Wildman–Crippen LogP) is 3.06. The molecular weight excluding hydrogens is 252 g/mol. The molecule has 1 N–H and O–H groups in total. The molecule has 2 heterocycles. The van der Waals surface area contributed by atoms with Crippen molar-refractivity contribution in [2.45, 2.75) is 27.3 Å². The standard InChI is InChI=1S/C12H14N2OS2/c1-7-4-10(16-6-7)12(15)13-5-11-8(2)14-9(3)17-11/h4,6H,5H2,1-3H3,(H,13,15). The number of aromatic nitrogens is 1. The Bertz CT molecular complexity index is 542. The molecule has 0 aliphatic heterocycles. The van der Waals surface area contributed by atoms with Crippen LogP contribution in [0.2, 0.25) is 0 Å². The molecule has 1 amide bonds. The van der Waals surface area contributed by atoms with Gasteiger partial charge in [0.2, 0.25) is 0 Å². The van der Waals surface area contributed by atoms with Gasteiger partial charge in [-0.2, -0.15) is 0 Å². The molecule has 0 aliphatic carbocycles. The minimum atomic E-state index is -0.00597. The quantitative estimate of drug-likeness (QED) is 0.927. The maximum atomic E-state index is 11.8. The van der Waals surface area contributed by atoms with Crippen LogP contribution in [-0.2, 0) is 6.54 Å². The number of rotatable bonds is 3. The summed E-state index contributed by atoms with van der Waals surface area (Å²) in [5, 5.41) is 5.95. The average Bonchev–Trinajstić information content (AvgIpc) is 2.82. The first-order valence-corrected chi connectivity index (χ1v) is 7.02. The van der Waals surface area contributed by atoms with Gasteiger partial charge < -0.3 is 5.32 Å². The molecule has 0 atom stereocenters. The summed E-state index contributed by atoms with van der Waals surface area (Å²) in [7, 11) is 0. The summed E-state index contributed by atoms with van der Waals surface area (Å²) in [5.41, 5.74) is 2.14. The first-order valence-electron chi connectivity index (χ1n) is 5.32. The fourth-order valence-corrected chi connectivity index (χ4v) is 3.23. The molecule has 0 fully saturated rings. The van der Waals surface area contributed by atoms with Gasteiger partial charge >= 0.3 is 0 Å². The number of aryl methyl sites for hydroxylation is 3. The largest absolute Gasteiger partial charge is 0.346 e. The van der Waals surface area contributed by atoms with E-state index >= 15 is 0 Å². The van der Waals surface area contributed by atoms with Crippen molar-refractivity contribution in [2.24, 2.45) is 0 Å². The van der Waals surface area contributed by atoms with E-state index in [4.69, 9.17) is 0 Å². The third-order valence-corrected chi connectivity index (χ3v) is 4.48. The van der Waals surface area contributed by atoms with E-state index < -0.39 is 0 Å². The zero-order valence-electron chi connectivity index (χ0n) is 10.0. The first-order chi connectivity index (χ1) is 8.06. The fourth-order valence-electron chi connectivity index (χ4n) is 1.54. The van der Waals surface area contributed by atoms with Crippen LogP contribution in [0, 0.1) is 20.8 Å². The van der Waals surface area contributed by atoms with Crippen LogP contribution in [0.15, 0.2) is 11.4 Å². The number of nitrogens with zero attached hydrogens (tertiary/aromatic N) is 1. The molecule has 0 aliphatic rings. The van der Waals surface area contributed by atoms with Crippen LogP contribution in [0.25, 0.3) is 0 Å². The van der Waals surface area contributed by atoms with E-state index in [9.17, 15) is 4.79 Å². The number of carbonyl (C=O) groups is 1. The summed E-state index contributed by atoms with van der Waals surface area (Å²) >= 11 is 3.11. The Hall–Kier alpha value is -1.20. The number of hydrogen-bond acceptors (Lipinski definition) is 4. The molecular formula is C12H14N2OS2. The number of amides is 1. The van der Waals surface area contributed by atoms with Gasteiger partial charge in [0, 0.05) is 4.88 Å². The highest BCUT2D eigenvalue weighted by molar-refractivity contribution is 7.12. The van der Waals surface area contributed by atoms with Crippen molar-refractivity contribution in [1.82, 2.24) is 10.3 Å². The minimum absolute atomic E-state index is 0.00597. The Morgan fingerprint density at radius 3 is 2.71 bits per heavy atom. The van der Waals surface area contributed by atoms with Gasteiger partial charge in [0.05, 0.1) is 22.1 Å². The van der Waals surface area contributed by atoms with Crippen LogP contribution in [-0.4, -0.2) is 10.9 Å². The Morgan fingerprint density at radius 1 is 1.41 bits per heavy atom. The second-order valence-corrected chi connectivity index (χ2v) is 6.11. The van der Waals surface area contributed by atoms with Gasteiger partial charge in [-0.1, -0.05) is 0 Å². The fraction of sp³-hybridized carbons (Fsp3) is 0.333. The number of carbonyl (C=O) groups excluding carboxylic acids is 1. The van der Waals surface area contributed by atoms with E-state index in [1.807, 2.05) is 32.2 Å². The van der Waals surface area contributed by atoms with Gasteiger partial charge in [-0.3, -0.25) is 4.79 Å². The molecule has 0 bridgehead atoms. The third-order valence-electron chi connectivity index (χ3n) is 2.36. The zero-order valence-corrected chi connectivity index (χ0v) is 11.7. The van der Waals surface area contributed by atoms with E-state index in [1.54, 1.807) is 11.3 Å². The van der Waals surface area contributed by atoms with Gasteiger partial charge in [0.15, 0.2) is 0 Å². The molecule has 0 saturated carbocycles. The SMILES string of the molecule is Cc1csc(C(=O)NCc2sc(C)nc2C)c1. The van der Waals surface area contributed by atoms with Gasteiger partial charge in [0.1, 0.15) is 0 Å². The Labute approximate surface area is 109 Å². The van der Waals surface area contributed by atoms with Gasteiger partial charge in [-0.05, 0) is 37.8 Å². The predicted molar refractivity (Wildman–Crippen MR) is 71.8 cm³/mol. The topological polar surface area (TPSA) is 42.0 Å². The molecule has 0 spiro atoms. The van der Waals surface area contributed by atoms with E-state index in [2.05, 4.69) is 10.3 Å². The number of thiazole rings is 1. The lowest BCUT2D eigenvalue weighted by molar-refractivity contribution is 0.0955. The van der Waals surface area contributed by atoms with Gasteiger partial charge in [0.25, 0.3) is 5.91 Å². The lowest BCUT2D eigenvalue weighted by Gasteiger charge is -2.01. The molecule has 0 unspecified atom stereocenters. The van der Waals surface area contributed by atoms with E-state index in [1.165, 1.54) is 11.3 Å². The van der Waals surface area contributed by atoms with E-state index in [0.717, 1.165) is 26.0 Å². The second-order valence-electron chi connectivity index (χ2n) is 3.91. The van der Waals surface area contributed by atoms with Crippen molar-refractivity contribution in [1.29, 1.82) is 0 Å². The lowest BCUT2D eigenvalue weighted by atomic mass is 10.3. The van der Waals surface area contributed by atoms with Crippen LogP contribution < -0.4 is 5.32 Å². The van der Waals surface area contributed by atoms with Crippen LogP contribution >= 0.6 is 22.7 Å². The van der Waals surface area contributed by atoms with E-state index in [-0.39, 0.29) is 5.91 Å². The lowest BCUT2D eigenvalue weighted by Crippen LogP contribution is -2.21. The molecule has 3 nitrogen and oxygen atoms in total. The average molecular weight is 266 g/mol. The molecule has 0 radical (unpaired) electrons. The summed E-state index contributed by atoms with van der Waals surface area (Å²) in [6.07, 6.45) is 0. The maximum Gasteiger partial charge on any atom is 0.261 e. The highest BCUT2D eigenvalue weighted by Gasteiger charge is 2.10. The molecule has 5 heteroatoms. The first kappa shape index (κ1) is 12.3. The van der Waals surface area contributed by atoms with Gasteiger partial charge in [-0.15, -0.1) is 22.7 Å². The third kappa shape index (κ3) is 2.92. The number of nitrogens with one attached hydrogen (secondary N) is 1. The zero-order chi connectivity index (χ0) is 12.4. The Morgan fingerprint density at radius 2 is 2.18 bits per heavy atom.